The molecule has 0 spiro atoms. The zero-order chi connectivity index (χ0) is 40.4. The number of ketones is 1. The third-order valence-electron chi connectivity index (χ3n) is 8.57. The normalized spacial score (nSPS) is 16.0. The number of ether oxygens (including phenoxy) is 7. The summed E-state index contributed by atoms with van der Waals surface area (Å²) in [4.78, 5) is 59.3. The topological polar surface area (TPSA) is 157 Å². The van der Waals surface area contributed by atoms with Gasteiger partial charge in [0.15, 0.2) is 30.9 Å². The molecule has 0 bridgehead atoms. The molecule has 298 valence electrons. The van der Waals surface area contributed by atoms with Crippen molar-refractivity contribution in [2.24, 2.45) is 0 Å². The summed E-state index contributed by atoms with van der Waals surface area (Å²) in [6.07, 6.45) is -1.12. The van der Waals surface area contributed by atoms with Crippen molar-refractivity contribution >= 4 is 34.6 Å². The molecule has 1 amide bonds. The highest BCUT2D eigenvalue weighted by Gasteiger charge is 2.35. The second kappa shape index (κ2) is 18.7. The molecule has 0 aliphatic carbocycles. The van der Waals surface area contributed by atoms with E-state index >= 15 is 4.39 Å². The van der Waals surface area contributed by atoms with E-state index in [9.17, 15) is 19.2 Å². The zero-order valence-electron chi connectivity index (χ0n) is 32.0. The number of nitrogens with zero attached hydrogens (tertiary/aromatic N) is 1. The summed E-state index contributed by atoms with van der Waals surface area (Å²) < 4.78 is 52.9. The average molecular weight is 777 g/mol. The minimum atomic E-state index is -0.927. The number of carbonyl (C=O) groups excluding carboxylic acids is 4. The number of benzene rings is 4. The molecule has 2 atom stereocenters. The minimum Gasteiger partial charge on any atom is -0.494 e. The fraction of sp³-hybridized carbons (Fsp3) is 0.366. The molecular formula is C41H45FN2O12. The SMILES string of the molecule is COCOc1cc2ccccc2cc1C(=O)N[C@@H]1CN(OC(=O)OC(C)(C)C)CCC[C@H]1OC(=O)c1ccc(C(=O)c2c(OCOC)ccc(OC)c2F)cc1. The molecule has 4 aromatic carbocycles. The predicted octanol–water partition coefficient (Wildman–Crippen LogP) is 6.47. The van der Waals surface area contributed by atoms with Crippen LogP contribution in [-0.2, 0) is 23.8 Å². The first-order valence-corrected chi connectivity index (χ1v) is 17.8. The number of amides is 1. The highest BCUT2D eigenvalue weighted by atomic mass is 19.1. The van der Waals surface area contributed by atoms with E-state index in [1.54, 1.807) is 32.9 Å². The lowest BCUT2D eigenvalue weighted by Crippen LogP contribution is -2.50. The van der Waals surface area contributed by atoms with E-state index in [0.29, 0.717) is 6.42 Å². The predicted molar refractivity (Wildman–Crippen MR) is 200 cm³/mol. The molecule has 15 heteroatoms. The number of hydroxylamine groups is 2. The summed E-state index contributed by atoms with van der Waals surface area (Å²) in [7, 11) is 4.13. The van der Waals surface area contributed by atoms with E-state index < -0.39 is 47.4 Å². The molecule has 0 radical (unpaired) electrons. The Kier molecular flexibility index (Phi) is 13.8. The first-order valence-electron chi connectivity index (χ1n) is 17.8. The van der Waals surface area contributed by atoms with Gasteiger partial charge in [-0.1, -0.05) is 36.4 Å². The lowest BCUT2D eigenvalue weighted by molar-refractivity contribution is -0.144. The third kappa shape index (κ3) is 10.5. The van der Waals surface area contributed by atoms with Crippen molar-refractivity contribution in [1.82, 2.24) is 10.4 Å². The van der Waals surface area contributed by atoms with E-state index in [-0.39, 0.29) is 72.6 Å². The number of rotatable bonds is 14. The van der Waals surface area contributed by atoms with Crippen LogP contribution < -0.4 is 19.5 Å². The van der Waals surface area contributed by atoms with Crippen LogP contribution in [0, 0.1) is 5.82 Å². The van der Waals surface area contributed by atoms with Gasteiger partial charge >= 0.3 is 12.1 Å². The van der Waals surface area contributed by atoms with Gasteiger partial charge in [0, 0.05) is 26.3 Å². The lowest BCUT2D eigenvalue weighted by atomic mass is 10.00. The van der Waals surface area contributed by atoms with Gasteiger partial charge in [0.1, 0.15) is 28.8 Å². The van der Waals surface area contributed by atoms with Crippen LogP contribution in [0.5, 0.6) is 17.2 Å². The van der Waals surface area contributed by atoms with Gasteiger partial charge in [0.25, 0.3) is 5.91 Å². The molecule has 0 saturated carbocycles. The van der Waals surface area contributed by atoms with E-state index in [1.807, 2.05) is 24.3 Å². The van der Waals surface area contributed by atoms with Crippen LogP contribution in [0.4, 0.5) is 9.18 Å². The molecule has 4 aromatic rings. The Morgan fingerprint density at radius 1 is 0.821 bits per heavy atom. The Morgan fingerprint density at radius 3 is 2.09 bits per heavy atom. The molecule has 1 aliphatic heterocycles. The second-order valence-corrected chi connectivity index (χ2v) is 13.8. The number of fused-ring (bicyclic) bond motifs is 1. The standard InChI is InChI=1S/C41H45FN2O12/c1-41(2,3)55-40(48)56-44-19-9-12-31(30(22-44)43-38(46)29-20-27-10-7-8-11-28(27)21-34(29)53-24-50-5)54-39(47)26-15-13-25(14-16-26)37(45)35-32(52-23-49-4)17-18-33(51-6)36(35)42/h7-8,10-11,13-18,20-21,30-31H,9,12,19,22-24H2,1-6H3,(H,43,46)/t30-,31-/m1/s1. The number of hydrogen-bond acceptors (Lipinski definition) is 13. The van der Waals surface area contributed by atoms with Crippen molar-refractivity contribution in [2.75, 3.05) is 48.0 Å². The molecule has 56 heavy (non-hydrogen) atoms. The monoisotopic (exact) mass is 776 g/mol. The van der Waals surface area contributed by atoms with Gasteiger partial charge in [-0.15, -0.1) is 5.06 Å². The van der Waals surface area contributed by atoms with Gasteiger partial charge in [-0.05, 0) is 80.8 Å². The Morgan fingerprint density at radius 2 is 1.45 bits per heavy atom. The largest absolute Gasteiger partial charge is 0.528 e. The fourth-order valence-corrected chi connectivity index (χ4v) is 5.98. The van der Waals surface area contributed by atoms with Crippen LogP contribution in [0.15, 0.2) is 72.8 Å². The third-order valence-corrected chi connectivity index (χ3v) is 8.57. The van der Waals surface area contributed by atoms with E-state index in [0.717, 1.165) is 10.8 Å². The summed E-state index contributed by atoms with van der Waals surface area (Å²) in [5.41, 5.74) is -0.824. The smallest absolute Gasteiger partial charge is 0.494 e. The maximum absolute atomic E-state index is 15.3. The van der Waals surface area contributed by atoms with Crippen LogP contribution in [0.25, 0.3) is 10.8 Å². The lowest BCUT2D eigenvalue weighted by Gasteiger charge is -2.29. The zero-order valence-corrected chi connectivity index (χ0v) is 32.0. The van der Waals surface area contributed by atoms with E-state index in [4.69, 9.17) is 38.0 Å². The molecule has 1 saturated heterocycles. The molecule has 5 rings (SSSR count). The fourth-order valence-electron chi connectivity index (χ4n) is 5.98. The van der Waals surface area contributed by atoms with Crippen LogP contribution in [0.3, 0.4) is 0 Å². The Balaban J connectivity index is 1.39. The van der Waals surface area contributed by atoms with Gasteiger partial charge < -0.3 is 43.3 Å². The number of hydrogen-bond donors (Lipinski definition) is 1. The van der Waals surface area contributed by atoms with Crippen LogP contribution in [-0.4, -0.2) is 94.6 Å². The highest BCUT2D eigenvalue weighted by Crippen LogP contribution is 2.32. The summed E-state index contributed by atoms with van der Waals surface area (Å²) >= 11 is 0. The molecule has 0 aromatic heterocycles. The molecule has 1 aliphatic rings. The number of carbonyl (C=O) groups is 4. The summed E-state index contributed by atoms with van der Waals surface area (Å²) in [6, 6.07) is 18.2. The second-order valence-electron chi connectivity index (χ2n) is 13.8. The Labute approximate surface area is 323 Å². The van der Waals surface area contributed by atoms with Crippen LogP contribution >= 0.6 is 0 Å². The number of methoxy groups -OCH3 is 3. The van der Waals surface area contributed by atoms with Crippen molar-refractivity contribution in [3.63, 3.8) is 0 Å². The quantitative estimate of drug-likeness (QED) is 0.0845. The summed E-state index contributed by atoms with van der Waals surface area (Å²) in [6.45, 7) is 4.97. The van der Waals surface area contributed by atoms with Gasteiger partial charge in [-0.2, -0.15) is 0 Å². The van der Waals surface area contributed by atoms with Crippen molar-refractivity contribution in [3.8, 4) is 17.2 Å². The minimum absolute atomic E-state index is 0.0501. The first kappa shape index (κ1) is 41.4. The number of nitrogens with one attached hydrogen (secondary N) is 1. The molecule has 1 heterocycles. The van der Waals surface area contributed by atoms with Gasteiger partial charge in [0.2, 0.25) is 0 Å². The number of halogens is 1. The van der Waals surface area contributed by atoms with Crippen molar-refractivity contribution in [1.29, 1.82) is 0 Å². The first-order chi connectivity index (χ1) is 26.8. The number of esters is 1. The van der Waals surface area contributed by atoms with E-state index in [2.05, 4.69) is 5.32 Å². The molecular weight excluding hydrogens is 731 g/mol. The maximum atomic E-state index is 15.3. The Hall–Kier alpha value is -5.77. The van der Waals surface area contributed by atoms with Crippen molar-refractivity contribution in [3.05, 3.63) is 101 Å². The average Bonchev–Trinajstić information content (AvgIpc) is 3.35. The summed E-state index contributed by atoms with van der Waals surface area (Å²) in [5, 5.41) is 5.96. The van der Waals surface area contributed by atoms with Gasteiger partial charge in [-0.25, -0.2) is 14.0 Å². The van der Waals surface area contributed by atoms with Gasteiger partial charge in [-0.3, -0.25) is 9.59 Å². The van der Waals surface area contributed by atoms with Crippen molar-refractivity contribution in [2.45, 2.75) is 51.4 Å². The van der Waals surface area contributed by atoms with Gasteiger partial charge in [0.05, 0.1) is 30.8 Å². The summed E-state index contributed by atoms with van der Waals surface area (Å²) in [5.74, 6) is -2.85. The van der Waals surface area contributed by atoms with Crippen molar-refractivity contribution < 1.29 is 61.6 Å². The Bertz CT molecular complexity index is 2030. The van der Waals surface area contributed by atoms with Crippen LogP contribution in [0.1, 0.15) is 70.3 Å². The molecule has 1 fully saturated rings. The maximum Gasteiger partial charge on any atom is 0.528 e. The van der Waals surface area contributed by atoms with Crippen LogP contribution in [0.2, 0.25) is 0 Å². The van der Waals surface area contributed by atoms with E-state index in [1.165, 1.54) is 62.8 Å². The molecule has 14 nitrogen and oxygen atoms in total. The molecule has 0 unspecified atom stereocenters. The molecule has 1 N–H and O–H groups in total. The highest BCUT2D eigenvalue weighted by molar-refractivity contribution is 6.11.